The first-order valence-corrected chi connectivity index (χ1v) is 6.52. The molecule has 110 valence electrons. The van der Waals surface area contributed by atoms with Gasteiger partial charge in [-0.2, -0.15) is 0 Å². The Morgan fingerprint density at radius 1 is 1.14 bits per heavy atom. The van der Waals surface area contributed by atoms with E-state index in [1.165, 1.54) is 14.2 Å². The van der Waals surface area contributed by atoms with Crippen molar-refractivity contribution in [2.45, 2.75) is 0 Å². The van der Waals surface area contributed by atoms with Crippen LogP contribution in [0, 0.1) is 0 Å². The predicted octanol–water partition coefficient (Wildman–Crippen LogP) is 3.19. The summed E-state index contributed by atoms with van der Waals surface area (Å²) < 4.78 is 10.2. The van der Waals surface area contributed by atoms with Crippen molar-refractivity contribution in [1.82, 2.24) is 0 Å². The largest absolute Gasteiger partial charge is 0.495 e. The summed E-state index contributed by atoms with van der Waals surface area (Å²) in [7, 11) is 3.02. The zero-order valence-electron chi connectivity index (χ0n) is 11.6. The van der Waals surface area contributed by atoms with Gasteiger partial charge in [0.15, 0.2) is 0 Å². The first-order valence-electron chi connectivity index (χ1n) is 6.14. The summed E-state index contributed by atoms with van der Waals surface area (Å²) in [6.45, 7) is 0. The van der Waals surface area contributed by atoms with Crippen LogP contribution in [0.15, 0.2) is 36.4 Å². The van der Waals surface area contributed by atoms with Crippen molar-refractivity contribution in [3.05, 3.63) is 47.0 Å². The first-order chi connectivity index (χ1) is 10.1. The van der Waals surface area contributed by atoms with Gasteiger partial charge < -0.3 is 20.5 Å². The minimum absolute atomic E-state index is 0.289. The molecule has 0 unspecified atom stereocenters. The van der Waals surface area contributed by atoms with E-state index in [0.29, 0.717) is 27.8 Å². The highest BCUT2D eigenvalue weighted by atomic mass is 35.5. The van der Waals surface area contributed by atoms with E-state index in [1.54, 1.807) is 36.4 Å². The van der Waals surface area contributed by atoms with Crippen molar-refractivity contribution in [2.75, 3.05) is 25.3 Å². The Bertz CT molecular complexity index is 674. The van der Waals surface area contributed by atoms with Crippen molar-refractivity contribution < 1.29 is 14.3 Å². The summed E-state index contributed by atoms with van der Waals surface area (Å²) in [6.07, 6.45) is 0. The molecule has 0 saturated carbocycles. The highest BCUT2D eigenvalue weighted by Crippen LogP contribution is 2.29. The number of anilines is 2. The molecule has 5 nitrogen and oxygen atoms in total. The molecule has 2 rings (SSSR count). The van der Waals surface area contributed by atoms with Gasteiger partial charge in [-0.05, 0) is 30.3 Å². The molecule has 0 saturated heterocycles. The van der Waals surface area contributed by atoms with Crippen LogP contribution in [0.5, 0.6) is 11.5 Å². The van der Waals surface area contributed by atoms with E-state index in [0.717, 1.165) is 0 Å². The first kappa shape index (κ1) is 15.0. The Balaban J connectivity index is 2.24. The van der Waals surface area contributed by atoms with Gasteiger partial charge in [-0.3, -0.25) is 4.79 Å². The standard InChI is InChI=1S/C15H15ClN2O3/c1-20-12-7-6-9(8-11(12)16)18-15(19)10-4-3-5-13(21-2)14(10)17/h3-8H,17H2,1-2H3,(H,18,19). The van der Waals surface area contributed by atoms with Gasteiger partial charge in [0.2, 0.25) is 0 Å². The SMILES string of the molecule is COc1ccc(NC(=O)c2cccc(OC)c2N)cc1Cl. The van der Waals surface area contributed by atoms with E-state index in [9.17, 15) is 4.79 Å². The topological polar surface area (TPSA) is 73.6 Å². The van der Waals surface area contributed by atoms with E-state index >= 15 is 0 Å². The number of para-hydroxylation sites is 1. The molecule has 0 aliphatic rings. The molecule has 2 aromatic carbocycles. The van der Waals surface area contributed by atoms with Crippen LogP contribution in [0.2, 0.25) is 5.02 Å². The molecule has 0 atom stereocenters. The zero-order valence-corrected chi connectivity index (χ0v) is 12.4. The number of rotatable bonds is 4. The van der Waals surface area contributed by atoms with Crippen LogP contribution in [-0.2, 0) is 0 Å². The highest BCUT2D eigenvalue weighted by molar-refractivity contribution is 6.32. The van der Waals surface area contributed by atoms with Gasteiger partial charge in [-0.1, -0.05) is 17.7 Å². The monoisotopic (exact) mass is 306 g/mol. The maximum absolute atomic E-state index is 12.2. The molecule has 0 aliphatic heterocycles. The van der Waals surface area contributed by atoms with Crippen LogP contribution >= 0.6 is 11.6 Å². The Labute approximate surface area is 127 Å². The average molecular weight is 307 g/mol. The van der Waals surface area contributed by atoms with Crippen LogP contribution in [0.4, 0.5) is 11.4 Å². The Morgan fingerprint density at radius 2 is 1.86 bits per heavy atom. The summed E-state index contributed by atoms with van der Waals surface area (Å²) in [6, 6.07) is 9.99. The number of carbonyl (C=O) groups is 1. The number of halogens is 1. The molecule has 0 heterocycles. The number of nitrogens with two attached hydrogens (primary N) is 1. The second kappa shape index (κ2) is 6.37. The lowest BCUT2D eigenvalue weighted by Gasteiger charge is -2.11. The van der Waals surface area contributed by atoms with Crippen molar-refractivity contribution >= 4 is 28.9 Å². The van der Waals surface area contributed by atoms with Crippen LogP contribution in [0.1, 0.15) is 10.4 Å². The Kier molecular flexibility index (Phi) is 4.55. The minimum Gasteiger partial charge on any atom is -0.495 e. The summed E-state index contributed by atoms with van der Waals surface area (Å²) in [4.78, 5) is 12.2. The normalized spacial score (nSPS) is 10.0. The van der Waals surface area contributed by atoms with E-state index in [2.05, 4.69) is 5.32 Å². The summed E-state index contributed by atoms with van der Waals surface area (Å²) >= 11 is 6.02. The summed E-state index contributed by atoms with van der Waals surface area (Å²) in [5.41, 5.74) is 7.06. The fraction of sp³-hybridized carbons (Fsp3) is 0.133. The minimum atomic E-state index is -0.340. The lowest BCUT2D eigenvalue weighted by molar-refractivity contribution is 0.102. The van der Waals surface area contributed by atoms with Crippen molar-refractivity contribution in [2.24, 2.45) is 0 Å². The van der Waals surface area contributed by atoms with Gasteiger partial charge in [0, 0.05) is 5.69 Å². The lowest BCUT2D eigenvalue weighted by Crippen LogP contribution is -2.14. The average Bonchev–Trinajstić information content (AvgIpc) is 2.47. The van der Waals surface area contributed by atoms with Crippen molar-refractivity contribution in [1.29, 1.82) is 0 Å². The van der Waals surface area contributed by atoms with Gasteiger partial charge in [-0.25, -0.2) is 0 Å². The van der Waals surface area contributed by atoms with Crippen LogP contribution in [0.3, 0.4) is 0 Å². The van der Waals surface area contributed by atoms with Crippen LogP contribution < -0.4 is 20.5 Å². The summed E-state index contributed by atoms with van der Waals surface area (Å²) in [5, 5.41) is 3.14. The third-order valence-corrected chi connectivity index (χ3v) is 3.24. The van der Waals surface area contributed by atoms with Gasteiger partial charge in [0.25, 0.3) is 5.91 Å². The van der Waals surface area contributed by atoms with E-state index in [4.69, 9.17) is 26.8 Å². The highest BCUT2D eigenvalue weighted by Gasteiger charge is 2.13. The Morgan fingerprint density at radius 3 is 2.48 bits per heavy atom. The van der Waals surface area contributed by atoms with E-state index < -0.39 is 0 Å². The number of hydrogen-bond donors (Lipinski definition) is 2. The predicted molar refractivity (Wildman–Crippen MR) is 83.4 cm³/mol. The molecular formula is C15H15ClN2O3. The second-order valence-corrected chi connectivity index (χ2v) is 4.63. The smallest absolute Gasteiger partial charge is 0.257 e. The fourth-order valence-electron chi connectivity index (χ4n) is 1.86. The number of nitrogen functional groups attached to an aromatic ring is 1. The number of ether oxygens (including phenoxy) is 2. The van der Waals surface area contributed by atoms with Gasteiger partial charge >= 0.3 is 0 Å². The number of carbonyl (C=O) groups excluding carboxylic acids is 1. The number of nitrogens with one attached hydrogen (secondary N) is 1. The number of methoxy groups -OCH3 is 2. The number of benzene rings is 2. The van der Waals surface area contributed by atoms with Gasteiger partial charge in [0.1, 0.15) is 11.5 Å². The number of hydrogen-bond acceptors (Lipinski definition) is 4. The quantitative estimate of drug-likeness (QED) is 0.851. The molecule has 2 aromatic rings. The molecule has 3 N–H and O–H groups in total. The maximum Gasteiger partial charge on any atom is 0.257 e. The molecule has 1 amide bonds. The molecule has 0 radical (unpaired) electrons. The third kappa shape index (κ3) is 3.20. The Hall–Kier alpha value is -2.40. The molecule has 0 bridgehead atoms. The van der Waals surface area contributed by atoms with Crippen LogP contribution in [0.25, 0.3) is 0 Å². The van der Waals surface area contributed by atoms with Gasteiger partial charge in [-0.15, -0.1) is 0 Å². The van der Waals surface area contributed by atoms with Crippen molar-refractivity contribution in [3.63, 3.8) is 0 Å². The maximum atomic E-state index is 12.2. The van der Waals surface area contributed by atoms with E-state index in [1.807, 2.05) is 0 Å². The molecule has 0 spiro atoms. The lowest BCUT2D eigenvalue weighted by atomic mass is 10.1. The molecule has 0 aromatic heterocycles. The molecule has 21 heavy (non-hydrogen) atoms. The molecule has 0 aliphatic carbocycles. The molecule has 6 heteroatoms. The zero-order chi connectivity index (χ0) is 15.4. The fourth-order valence-corrected chi connectivity index (χ4v) is 2.12. The molecule has 0 fully saturated rings. The van der Waals surface area contributed by atoms with Crippen molar-refractivity contribution in [3.8, 4) is 11.5 Å². The summed E-state index contributed by atoms with van der Waals surface area (Å²) in [5.74, 6) is 0.651. The van der Waals surface area contributed by atoms with Crippen LogP contribution in [-0.4, -0.2) is 20.1 Å². The van der Waals surface area contributed by atoms with Gasteiger partial charge in [0.05, 0.1) is 30.5 Å². The third-order valence-electron chi connectivity index (χ3n) is 2.94. The number of amides is 1. The van der Waals surface area contributed by atoms with E-state index in [-0.39, 0.29) is 11.6 Å². The molecular weight excluding hydrogens is 292 g/mol. The second-order valence-electron chi connectivity index (χ2n) is 4.22.